The molecule has 0 radical (unpaired) electrons. The molecule has 47 heavy (non-hydrogen) atoms. The van der Waals surface area contributed by atoms with Gasteiger partial charge in [-0.1, -0.05) is 19.4 Å². The summed E-state index contributed by atoms with van der Waals surface area (Å²) in [4.78, 5) is 33.7. The number of Topliss-reactive ketones (excluding diaryl/α,β-unsaturated/α-hetero) is 1. The van der Waals surface area contributed by atoms with E-state index in [0.717, 1.165) is 25.0 Å². The number of unbranched alkanes of at least 4 members (excludes halogenated alkanes) is 1. The van der Waals surface area contributed by atoms with Crippen LogP contribution in [-0.4, -0.2) is 51.9 Å². The van der Waals surface area contributed by atoms with E-state index < -0.39 is 45.2 Å². The minimum atomic E-state index is -4.69. The summed E-state index contributed by atoms with van der Waals surface area (Å²) >= 11 is 0. The highest BCUT2D eigenvalue weighted by molar-refractivity contribution is 7.89. The fourth-order valence-electron chi connectivity index (χ4n) is 5.15. The highest BCUT2D eigenvalue weighted by Gasteiger charge is 2.36. The Hall–Kier alpha value is -4.35. The number of benzene rings is 2. The number of halogens is 3. The SMILES string of the molecule is CCCC=N/C(C)=C/C(=O)NC(=NC)c1cc(S(=O)(=O)NC2CC(=O)C(CCc3ccc(C#N)c(C(F)(F)F)c3)C2)ccc1OCC. The first-order chi connectivity index (χ1) is 22.2. The number of aryl methyl sites for hydroxylation is 1. The Balaban J connectivity index is 1.75. The van der Waals surface area contributed by atoms with Gasteiger partial charge in [-0.2, -0.15) is 18.4 Å². The van der Waals surface area contributed by atoms with Gasteiger partial charge >= 0.3 is 6.18 Å². The van der Waals surface area contributed by atoms with E-state index in [0.29, 0.717) is 17.0 Å². The van der Waals surface area contributed by atoms with Gasteiger partial charge < -0.3 is 10.1 Å². The molecule has 2 N–H and O–H groups in total. The summed E-state index contributed by atoms with van der Waals surface area (Å²) in [6, 6.07) is 8.38. The third-order valence-corrected chi connectivity index (χ3v) is 8.94. The standard InChI is InChI=1S/C33H38F3N5O5S/c1-5-7-14-39-21(3)15-31(43)40-32(38-4)27-19-26(12-13-30(27)46-6-2)47(44,45)41-25-17-23(29(42)18-25)10-8-22-9-11-24(20-37)28(16-22)33(34,35)36/h9,11-16,19,23,25,41H,5-8,10,17-18H2,1-4H3,(H,38,40,43)/b21-15+,39-14?. The number of sulfonamides is 1. The summed E-state index contributed by atoms with van der Waals surface area (Å²) in [7, 11) is -2.72. The zero-order chi connectivity index (χ0) is 34.8. The molecule has 2 unspecified atom stereocenters. The second-order valence-electron chi connectivity index (χ2n) is 11.0. The maximum absolute atomic E-state index is 13.4. The third kappa shape index (κ3) is 10.3. The molecule has 2 aromatic rings. The minimum Gasteiger partial charge on any atom is -0.493 e. The quantitative estimate of drug-likeness (QED) is 0.163. The average molecular weight is 674 g/mol. The van der Waals surface area contributed by atoms with Gasteiger partial charge in [-0.15, -0.1) is 0 Å². The van der Waals surface area contributed by atoms with E-state index in [1.165, 1.54) is 37.4 Å². The lowest BCUT2D eigenvalue weighted by atomic mass is 9.95. The van der Waals surface area contributed by atoms with Crippen LogP contribution in [0.2, 0.25) is 0 Å². The molecular formula is C33H38F3N5O5S. The van der Waals surface area contributed by atoms with Gasteiger partial charge in [0.15, 0.2) is 0 Å². The maximum Gasteiger partial charge on any atom is 0.417 e. The molecule has 1 fully saturated rings. The van der Waals surface area contributed by atoms with Crippen LogP contribution in [0.4, 0.5) is 13.2 Å². The predicted molar refractivity (Wildman–Crippen MR) is 172 cm³/mol. The summed E-state index contributed by atoms with van der Waals surface area (Å²) < 4.78 is 75.2. The molecule has 1 amide bonds. The number of nitrogens with zero attached hydrogens (tertiary/aromatic N) is 3. The summed E-state index contributed by atoms with van der Waals surface area (Å²) in [5.41, 5.74) is -0.485. The number of rotatable bonds is 13. The van der Waals surface area contributed by atoms with Crippen molar-refractivity contribution in [1.82, 2.24) is 10.0 Å². The van der Waals surface area contributed by atoms with Gasteiger partial charge in [-0.05, 0) is 75.4 Å². The minimum absolute atomic E-state index is 0.0703. The third-order valence-electron chi connectivity index (χ3n) is 7.42. The van der Waals surface area contributed by atoms with Crippen LogP contribution in [0.5, 0.6) is 5.75 Å². The highest BCUT2D eigenvalue weighted by atomic mass is 32.2. The number of amides is 1. The predicted octanol–water partition coefficient (Wildman–Crippen LogP) is 5.50. The number of hydrogen-bond donors (Lipinski definition) is 2. The van der Waals surface area contributed by atoms with Gasteiger partial charge in [0.2, 0.25) is 10.0 Å². The average Bonchev–Trinajstić information content (AvgIpc) is 3.36. The molecule has 0 heterocycles. The molecule has 0 aromatic heterocycles. The van der Waals surface area contributed by atoms with E-state index in [2.05, 4.69) is 20.0 Å². The molecule has 0 saturated heterocycles. The second-order valence-corrected chi connectivity index (χ2v) is 12.7. The van der Waals surface area contributed by atoms with Crippen molar-refractivity contribution in [2.24, 2.45) is 15.9 Å². The zero-order valence-corrected chi connectivity index (χ0v) is 27.5. The molecule has 0 spiro atoms. The molecule has 1 aliphatic rings. The Morgan fingerprint density at radius 1 is 1.19 bits per heavy atom. The molecule has 3 rings (SSSR count). The van der Waals surface area contributed by atoms with Crippen molar-refractivity contribution >= 4 is 33.8 Å². The molecule has 2 aromatic carbocycles. The number of carbonyl (C=O) groups excluding carboxylic acids is 2. The van der Waals surface area contributed by atoms with Crippen LogP contribution in [0.1, 0.15) is 75.1 Å². The molecule has 252 valence electrons. The van der Waals surface area contributed by atoms with Gasteiger partial charge in [0.1, 0.15) is 17.4 Å². The second kappa shape index (κ2) is 16.5. The first kappa shape index (κ1) is 37.1. The molecule has 10 nitrogen and oxygen atoms in total. The van der Waals surface area contributed by atoms with Gasteiger partial charge in [-0.25, -0.2) is 13.1 Å². The summed E-state index contributed by atoms with van der Waals surface area (Å²) in [6.07, 6.45) is 0.475. The lowest BCUT2D eigenvalue weighted by Gasteiger charge is -2.17. The van der Waals surface area contributed by atoms with E-state index in [1.807, 2.05) is 6.92 Å². The Morgan fingerprint density at radius 3 is 2.57 bits per heavy atom. The number of alkyl halides is 3. The maximum atomic E-state index is 13.4. The van der Waals surface area contributed by atoms with Gasteiger partial charge in [-0.3, -0.25) is 19.6 Å². The van der Waals surface area contributed by atoms with Crippen molar-refractivity contribution in [3.8, 4) is 11.8 Å². The van der Waals surface area contributed by atoms with Gasteiger partial charge in [0.05, 0.1) is 34.3 Å². The number of carbonyl (C=O) groups is 2. The molecule has 14 heteroatoms. The Kier molecular flexibility index (Phi) is 13.0. The van der Waals surface area contributed by atoms with Crippen molar-refractivity contribution in [3.63, 3.8) is 0 Å². The first-order valence-electron chi connectivity index (χ1n) is 15.1. The summed E-state index contributed by atoms with van der Waals surface area (Å²) in [6.45, 7) is 5.70. The van der Waals surface area contributed by atoms with E-state index >= 15 is 0 Å². The van der Waals surface area contributed by atoms with Crippen LogP contribution < -0.4 is 14.8 Å². The number of nitriles is 1. The van der Waals surface area contributed by atoms with E-state index in [4.69, 9.17) is 10.00 Å². The smallest absolute Gasteiger partial charge is 0.417 e. The van der Waals surface area contributed by atoms with Crippen LogP contribution in [-0.2, 0) is 32.2 Å². The molecule has 2 atom stereocenters. The van der Waals surface area contributed by atoms with Crippen molar-refractivity contribution in [2.45, 2.75) is 76.4 Å². The number of allylic oxidation sites excluding steroid dienone is 1. The highest BCUT2D eigenvalue weighted by Crippen LogP contribution is 2.34. The molecule has 0 aliphatic heterocycles. The summed E-state index contributed by atoms with van der Waals surface area (Å²) in [5.74, 6) is -0.899. The fraction of sp³-hybridized carbons (Fsp3) is 0.424. The lowest BCUT2D eigenvalue weighted by Crippen LogP contribution is -2.34. The van der Waals surface area contributed by atoms with Gasteiger partial charge in [0, 0.05) is 43.4 Å². The molecule has 1 aliphatic carbocycles. The van der Waals surface area contributed by atoms with Crippen LogP contribution >= 0.6 is 0 Å². The topological polar surface area (TPSA) is 150 Å². The van der Waals surface area contributed by atoms with Crippen LogP contribution in [0, 0.1) is 17.2 Å². The molecule has 0 bridgehead atoms. The van der Waals surface area contributed by atoms with Crippen molar-refractivity contribution in [2.75, 3.05) is 13.7 Å². The van der Waals surface area contributed by atoms with Crippen molar-refractivity contribution in [3.05, 3.63) is 70.4 Å². The Bertz CT molecular complexity index is 1710. The lowest BCUT2D eigenvalue weighted by molar-refractivity contribution is -0.137. The largest absolute Gasteiger partial charge is 0.493 e. The van der Waals surface area contributed by atoms with E-state index in [-0.39, 0.29) is 54.4 Å². The van der Waals surface area contributed by atoms with Crippen LogP contribution in [0.15, 0.2) is 63.1 Å². The van der Waals surface area contributed by atoms with Crippen LogP contribution in [0.3, 0.4) is 0 Å². The Morgan fingerprint density at radius 2 is 1.94 bits per heavy atom. The number of hydrogen-bond acceptors (Lipinski definition) is 8. The molecule has 1 saturated carbocycles. The van der Waals surface area contributed by atoms with Crippen molar-refractivity contribution < 1.29 is 35.9 Å². The number of ether oxygens (including phenoxy) is 1. The number of ketones is 1. The van der Waals surface area contributed by atoms with Gasteiger partial charge in [0.25, 0.3) is 5.91 Å². The van der Waals surface area contributed by atoms with E-state index in [9.17, 15) is 31.2 Å². The zero-order valence-electron chi connectivity index (χ0n) is 26.6. The number of amidine groups is 1. The summed E-state index contributed by atoms with van der Waals surface area (Å²) in [5, 5.41) is 11.7. The van der Waals surface area contributed by atoms with Crippen molar-refractivity contribution in [1.29, 1.82) is 5.26 Å². The van der Waals surface area contributed by atoms with Crippen LogP contribution in [0.25, 0.3) is 0 Å². The Labute approximate surface area is 272 Å². The number of aliphatic imine (C=N–C) groups is 2. The monoisotopic (exact) mass is 673 g/mol. The van der Waals surface area contributed by atoms with E-state index in [1.54, 1.807) is 26.1 Å². The number of nitrogens with one attached hydrogen (secondary N) is 2. The normalized spacial score (nSPS) is 17.6. The molecular weight excluding hydrogens is 635 g/mol. The fourth-order valence-corrected chi connectivity index (χ4v) is 6.42. The first-order valence-corrected chi connectivity index (χ1v) is 16.6.